The van der Waals surface area contributed by atoms with Gasteiger partial charge < -0.3 is 4.90 Å². The topological polar surface area (TPSA) is 95.1 Å². The number of urea groups is 1. The normalized spacial score (nSPS) is 22.0. The van der Waals surface area contributed by atoms with Gasteiger partial charge in [-0.05, 0) is 31.2 Å². The van der Waals surface area contributed by atoms with Gasteiger partial charge in [0.2, 0.25) is 10.0 Å². The van der Waals surface area contributed by atoms with Crippen molar-refractivity contribution >= 4 is 33.4 Å². The number of hydrogen-bond donors (Lipinski definition) is 0. The Balaban J connectivity index is 1.88. The van der Waals surface area contributed by atoms with Crippen LogP contribution in [0.1, 0.15) is 17.3 Å². The number of rotatable bonds is 3. The first kappa shape index (κ1) is 16.6. The molecule has 3 amide bonds. The van der Waals surface area contributed by atoms with E-state index >= 15 is 0 Å². The van der Waals surface area contributed by atoms with E-state index in [0.717, 1.165) is 11.2 Å². The minimum atomic E-state index is -3.42. The number of hydrogen-bond acceptors (Lipinski definition) is 5. The molecule has 1 aromatic carbocycles. The van der Waals surface area contributed by atoms with Crippen LogP contribution in [0.2, 0.25) is 0 Å². The second-order valence-corrected chi connectivity index (χ2v) is 7.87. The van der Waals surface area contributed by atoms with Gasteiger partial charge in [0.25, 0.3) is 5.91 Å². The van der Waals surface area contributed by atoms with Crippen molar-refractivity contribution in [1.82, 2.24) is 9.21 Å². The highest BCUT2D eigenvalue weighted by Gasteiger charge is 2.49. The quantitative estimate of drug-likeness (QED) is 0.577. The fourth-order valence-electron chi connectivity index (χ4n) is 2.95. The second kappa shape index (κ2) is 5.67. The molecular formula is C15H17N3O5S. The van der Waals surface area contributed by atoms with Crippen molar-refractivity contribution < 1.29 is 22.8 Å². The number of nitrogens with zero attached hydrogens (tertiary/aromatic N) is 3. The van der Waals surface area contributed by atoms with E-state index in [1.807, 2.05) is 0 Å². The van der Waals surface area contributed by atoms with Gasteiger partial charge in [0, 0.05) is 25.2 Å². The van der Waals surface area contributed by atoms with Crippen LogP contribution in [-0.4, -0.2) is 67.3 Å². The van der Waals surface area contributed by atoms with E-state index in [-0.39, 0.29) is 25.4 Å². The minimum Gasteiger partial charge on any atom is -0.309 e. The maximum Gasteiger partial charge on any atom is 0.332 e. The van der Waals surface area contributed by atoms with Crippen LogP contribution in [0, 0.1) is 0 Å². The molecule has 9 heteroatoms. The zero-order valence-electron chi connectivity index (χ0n) is 13.3. The van der Waals surface area contributed by atoms with Gasteiger partial charge in [0.15, 0.2) is 5.78 Å². The molecule has 2 heterocycles. The van der Waals surface area contributed by atoms with Crippen molar-refractivity contribution in [2.45, 2.75) is 13.0 Å². The molecule has 2 saturated heterocycles. The van der Waals surface area contributed by atoms with Crippen LogP contribution >= 0.6 is 0 Å². The number of piperazine rings is 1. The molecule has 0 unspecified atom stereocenters. The summed E-state index contributed by atoms with van der Waals surface area (Å²) < 4.78 is 24.6. The number of benzene rings is 1. The standard InChI is InChI=1S/C15H17N3O5S/c1-10(19)11-3-5-12(6-4-11)18-14(20)13-9-16(24(2,22)23)7-8-17(13)15(18)21/h3-6,13H,7-9H2,1-2H3/t13-/m0/s1. The third kappa shape index (κ3) is 2.69. The Bertz CT molecular complexity index is 818. The molecule has 0 N–H and O–H groups in total. The number of sulfonamides is 1. The zero-order chi connectivity index (χ0) is 17.6. The van der Waals surface area contributed by atoms with Crippen LogP contribution in [-0.2, 0) is 14.8 Å². The Morgan fingerprint density at radius 3 is 2.29 bits per heavy atom. The van der Waals surface area contributed by atoms with Crippen LogP contribution in [0.15, 0.2) is 24.3 Å². The van der Waals surface area contributed by atoms with E-state index in [0.29, 0.717) is 11.3 Å². The van der Waals surface area contributed by atoms with Gasteiger partial charge in [-0.2, -0.15) is 4.31 Å². The Labute approximate surface area is 139 Å². The van der Waals surface area contributed by atoms with Crippen molar-refractivity contribution in [3.63, 3.8) is 0 Å². The minimum absolute atomic E-state index is 0.0363. The average Bonchev–Trinajstić information content (AvgIpc) is 2.78. The number of carbonyl (C=O) groups is 3. The van der Waals surface area contributed by atoms with Crippen LogP contribution in [0.25, 0.3) is 0 Å². The lowest BCUT2D eigenvalue weighted by Gasteiger charge is -2.33. The van der Waals surface area contributed by atoms with E-state index in [9.17, 15) is 22.8 Å². The molecule has 0 aromatic heterocycles. The Hall–Kier alpha value is -2.26. The van der Waals surface area contributed by atoms with Gasteiger partial charge in [0.1, 0.15) is 6.04 Å². The number of carbonyl (C=O) groups excluding carboxylic acids is 3. The number of ketones is 1. The van der Waals surface area contributed by atoms with Crippen molar-refractivity contribution in [3.05, 3.63) is 29.8 Å². The Kier molecular flexibility index (Phi) is 3.92. The summed E-state index contributed by atoms with van der Waals surface area (Å²) in [4.78, 5) is 38.9. The zero-order valence-corrected chi connectivity index (χ0v) is 14.1. The monoisotopic (exact) mass is 351 g/mol. The van der Waals surface area contributed by atoms with E-state index < -0.39 is 28.0 Å². The van der Waals surface area contributed by atoms with Crippen molar-refractivity contribution in [3.8, 4) is 0 Å². The molecule has 1 atom stereocenters. The van der Waals surface area contributed by atoms with E-state index in [1.54, 1.807) is 24.3 Å². The molecule has 2 fully saturated rings. The largest absolute Gasteiger partial charge is 0.332 e. The first-order chi connectivity index (χ1) is 11.2. The maximum atomic E-state index is 12.6. The van der Waals surface area contributed by atoms with E-state index in [2.05, 4.69) is 0 Å². The molecule has 0 bridgehead atoms. The molecule has 0 spiro atoms. The van der Waals surface area contributed by atoms with E-state index in [1.165, 1.54) is 16.1 Å². The van der Waals surface area contributed by atoms with Crippen molar-refractivity contribution in [2.24, 2.45) is 0 Å². The van der Waals surface area contributed by atoms with E-state index in [4.69, 9.17) is 0 Å². The van der Waals surface area contributed by atoms with Gasteiger partial charge >= 0.3 is 6.03 Å². The summed E-state index contributed by atoms with van der Waals surface area (Å²) in [6.45, 7) is 1.74. The Morgan fingerprint density at radius 1 is 1.12 bits per heavy atom. The van der Waals surface area contributed by atoms with Crippen molar-refractivity contribution in [2.75, 3.05) is 30.8 Å². The second-order valence-electron chi connectivity index (χ2n) is 5.89. The lowest BCUT2D eigenvalue weighted by atomic mass is 10.1. The third-order valence-electron chi connectivity index (χ3n) is 4.29. The first-order valence-electron chi connectivity index (χ1n) is 7.41. The van der Waals surface area contributed by atoms with Crippen LogP contribution < -0.4 is 4.90 Å². The highest BCUT2D eigenvalue weighted by molar-refractivity contribution is 7.88. The van der Waals surface area contributed by atoms with Gasteiger partial charge in [-0.1, -0.05) is 0 Å². The van der Waals surface area contributed by atoms with Gasteiger partial charge in [0.05, 0.1) is 11.9 Å². The molecule has 2 aliphatic heterocycles. The maximum absolute atomic E-state index is 12.6. The Morgan fingerprint density at radius 2 is 1.75 bits per heavy atom. The summed E-state index contributed by atoms with van der Waals surface area (Å²) in [5.41, 5.74) is 0.856. The van der Waals surface area contributed by atoms with Crippen LogP contribution in [0.3, 0.4) is 0 Å². The number of fused-ring (bicyclic) bond motifs is 1. The summed E-state index contributed by atoms with van der Waals surface area (Å²) in [5.74, 6) is -0.564. The van der Waals surface area contributed by atoms with Gasteiger partial charge in [-0.3, -0.25) is 9.59 Å². The van der Waals surface area contributed by atoms with Gasteiger partial charge in [-0.25, -0.2) is 18.1 Å². The molecule has 0 radical (unpaired) electrons. The molecule has 1 aromatic rings. The summed E-state index contributed by atoms with van der Waals surface area (Å²) in [6, 6.07) is 4.91. The summed E-state index contributed by atoms with van der Waals surface area (Å²) >= 11 is 0. The highest BCUT2D eigenvalue weighted by Crippen LogP contribution is 2.28. The lowest BCUT2D eigenvalue weighted by molar-refractivity contribution is -0.120. The predicted molar refractivity (Wildman–Crippen MR) is 86.2 cm³/mol. The molecule has 2 aliphatic rings. The molecule has 8 nitrogen and oxygen atoms in total. The molecule has 0 aliphatic carbocycles. The number of anilines is 1. The number of amides is 3. The average molecular weight is 351 g/mol. The highest BCUT2D eigenvalue weighted by atomic mass is 32.2. The fraction of sp³-hybridized carbons (Fsp3) is 0.400. The summed E-state index contributed by atoms with van der Waals surface area (Å²) in [6.07, 6.45) is 1.09. The molecular weight excluding hydrogens is 334 g/mol. The van der Waals surface area contributed by atoms with Gasteiger partial charge in [-0.15, -0.1) is 0 Å². The summed E-state index contributed by atoms with van der Waals surface area (Å²) in [7, 11) is -3.42. The van der Waals surface area contributed by atoms with Crippen molar-refractivity contribution in [1.29, 1.82) is 0 Å². The number of Topliss-reactive ketones (excluding diaryl/α,β-unsaturated/α-hetero) is 1. The molecule has 24 heavy (non-hydrogen) atoms. The van der Waals surface area contributed by atoms with Crippen LogP contribution in [0.5, 0.6) is 0 Å². The van der Waals surface area contributed by atoms with Crippen LogP contribution in [0.4, 0.5) is 10.5 Å². The molecule has 128 valence electrons. The summed E-state index contributed by atoms with van der Waals surface area (Å²) in [5, 5.41) is 0. The molecule has 0 saturated carbocycles. The smallest absolute Gasteiger partial charge is 0.309 e. The predicted octanol–water partition coefficient (Wildman–Crippen LogP) is 0.302. The first-order valence-corrected chi connectivity index (χ1v) is 9.25. The molecule has 3 rings (SSSR count). The number of imide groups is 1. The third-order valence-corrected chi connectivity index (χ3v) is 5.56. The lowest BCUT2D eigenvalue weighted by Crippen LogP contribution is -2.54. The SMILES string of the molecule is CC(=O)c1ccc(N2C(=O)[C@@H]3CN(S(C)(=O)=O)CCN3C2=O)cc1. The fourth-order valence-corrected chi connectivity index (χ4v) is 3.78.